The van der Waals surface area contributed by atoms with Gasteiger partial charge in [0.25, 0.3) is 0 Å². The minimum absolute atomic E-state index is 0.110. The van der Waals surface area contributed by atoms with E-state index in [0.717, 1.165) is 31.8 Å². The molecule has 1 saturated heterocycles. The Morgan fingerprint density at radius 3 is 2.78 bits per heavy atom. The number of nitrogens with one attached hydrogen (secondary N) is 1. The average Bonchev–Trinajstić information content (AvgIpc) is 2.55. The number of carbonyl (C=O) groups is 1. The summed E-state index contributed by atoms with van der Waals surface area (Å²) in [5.41, 5.74) is 1.23. The largest absolute Gasteiger partial charge is 0.497 e. The first kappa shape index (κ1) is 17.1. The van der Waals surface area contributed by atoms with Crippen molar-refractivity contribution in [3.05, 3.63) is 42.5 Å². The van der Waals surface area contributed by atoms with Crippen LogP contribution in [0.3, 0.4) is 0 Å². The molecule has 0 saturated carbocycles. The first-order chi connectivity index (χ1) is 11.1. The van der Waals surface area contributed by atoms with Crippen molar-refractivity contribution >= 4 is 5.91 Å². The van der Waals surface area contributed by atoms with Gasteiger partial charge in [-0.25, -0.2) is 0 Å². The predicted molar refractivity (Wildman–Crippen MR) is 92.0 cm³/mol. The molecule has 2 rings (SSSR count). The Morgan fingerprint density at radius 1 is 1.43 bits per heavy atom. The lowest BCUT2D eigenvalue weighted by atomic mass is 9.94. The smallest absolute Gasteiger partial charge is 0.243 e. The zero-order valence-electron chi connectivity index (χ0n) is 13.8. The van der Waals surface area contributed by atoms with E-state index < -0.39 is 0 Å². The third-order valence-corrected chi connectivity index (χ3v) is 3.97. The fourth-order valence-corrected chi connectivity index (χ4v) is 2.98. The molecule has 1 aromatic carbocycles. The van der Waals surface area contributed by atoms with Crippen LogP contribution in [-0.4, -0.2) is 37.0 Å². The lowest BCUT2D eigenvalue weighted by Gasteiger charge is -2.36. The van der Waals surface area contributed by atoms with Gasteiger partial charge >= 0.3 is 0 Å². The van der Waals surface area contributed by atoms with Gasteiger partial charge in [0.05, 0.1) is 7.11 Å². The number of hydrogen-bond acceptors (Lipinski definition) is 3. The van der Waals surface area contributed by atoms with E-state index >= 15 is 0 Å². The van der Waals surface area contributed by atoms with Gasteiger partial charge in [-0.2, -0.15) is 0 Å². The highest BCUT2D eigenvalue weighted by molar-refractivity contribution is 5.87. The minimum atomic E-state index is -0.121. The molecular formula is C19H24N2O2. The van der Waals surface area contributed by atoms with Crippen LogP contribution in [0.4, 0.5) is 0 Å². The highest BCUT2D eigenvalue weighted by Gasteiger charge is 2.26. The van der Waals surface area contributed by atoms with E-state index in [1.165, 1.54) is 11.6 Å². The monoisotopic (exact) mass is 312 g/mol. The summed E-state index contributed by atoms with van der Waals surface area (Å²) in [6, 6.07) is 8.20. The third-order valence-electron chi connectivity index (χ3n) is 3.97. The van der Waals surface area contributed by atoms with Crippen molar-refractivity contribution in [2.75, 3.05) is 20.2 Å². The Kier molecular flexibility index (Phi) is 6.25. The van der Waals surface area contributed by atoms with Gasteiger partial charge in [-0.15, -0.1) is 5.92 Å². The molecule has 1 heterocycles. The lowest BCUT2D eigenvalue weighted by Crippen LogP contribution is -2.49. The number of amides is 1. The highest BCUT2D eigenvalue weighted by Crippen LogP contribution is 2.20. The van der Waals surface area contributed by atoms with Crippen molar-refractivity contribution < 1.29 is 9.53 Å². The Labute approximate surface area is 138 Å². The molecule has 1 amide bonds. The number of nitrogens with zero attached hydrogens (tertiary/aromatic N) is 1. The second-order valence-corrected chi connectivity index (χ2v) is 5.78. The topological polar surface area (TPSA) is 41.6 Å². The predicted octanol–water partition coefficient (Wildman–Crippen LogP) is 2.21. The molecule has 1 fully saturated rings. The molecular weight excluding hydrogens is 288 g/mol. The fourth-order valence-electron chi connectivity index (χ4n) is 2.98. The summed E-state index contributed by atoms with van der Waals surface area (Å²) < 4.78 is 5.19. The van der Waals surface area contributed by atoms with Crippen molar-refractivity contribution in [3.8, 4) is 17.6 Å². The second kappa shape index (κ2) is 8.40. The van der Waals surface area contributed by atoms with E-state index in [4.69, 9.17) is 4.74 Å². The molecule has 0 spiro atoms. The summed E-state index contributed by atoms with van der Waals surface area (Å²) >= 11 is 0. The molecule has 4 heteroatoms. The van der Waals surface area contributed by atoms with Gasteiger partial charge in [0, 0.05) is 31.6 Å². The highest BCUT2D eigenvalue weighted by atomic mass is 16.5. The third kappa shape index (κ3) is 5.15. The van der Waals surface area contributed by atoms with Crippen LogP contribution in [0.2, 0.25) is 0 Å². The van der Waals surface area contributed by atoms with E-state index in [2.05, 4.69) is 40.8 Å². The van der Waals surface area contributed by atoms with Gasteiger partial charge in [-0.1, -0.05) is 24.6 Å². The Morgan fingerprint density at radius 2 is 2.17 bits per heavy atom. The number of hydrogen-bond donors (Lipinski definition) is 1. The molecule has 0 aliphatic carbocycles. The van der Waals surface area contributed by atoms with E-state index in [0.29, 0.717) is 0 Å². The van der Waals surface area contributed by atoms with Crippen LogP contribution in [0.25, 0.3) is 0 Å². The number of methoxy groups -OCH3 is 1. The molecule has 2 atom stereocenters. The van der Waals surface area contributed by atoms with Gasteiger partial charge in [0.2, 0.25) is 5.91 Å². The fraction of sp³-hybridized carbons (Fsp3) is 0.421. The molecule has 0 aromatic heterocycles. The van der Waals surface area contributed by atoms with Crippen LogP contribution in [0, 0.1) is 17.8 Å². The summed E-state index contributed by atoms with van der Waals surface area (Å²) in [4.78, 5) is 13.9. The molecule has 122 valence electrons. The van der Waals surface area contributed by atoms with Crippen molar-refractivity contribution in [3.63, 3.8) is 0 Å². The van der Waals surface area contributed by atoms with Crippen molar-refractivity contribution in [2.24, 2.45) is 5.92 Å². The molecule has 1 N–H and O–H groups in total. The van der Waals surface area contributed by atoms with Gasteiger partial charge in [-0.05, 0) is 37.1 Å². The molecule has 1 aromatic rings. The molecule has 0 radical (unpaired) electrons. The quantitative estimate of drug-likeness (QED) is 0.669. The standard InChI is InChI=1S/C19H24N2O2/c1-4-6-16-11-17(20-19(22)5-2)14-21(13-16)12-15-7-9-18(23-3)10-8-15/h5,7-10,16-17H,2,11-14H2,1,3H3,(H,20,22)/t16-,17+/m1/s1. The molecule has 23 heavy (non-hydrogen) atoms. The molecule has 1 aliphatic rings. The maximum absolute atomic E-state index is 11.6. The molecule has 0 bridgehead atoms. The number of ether oxygens (including phenoxy) is 1. The summed E-state index contributed by atoms with van der Waals surface area (Å²) in [5, 5.41) is 3.00. The van der Waals surface area contributed by atoms with E-state index in [9.17, 15) is 4.79 Å². The summed E-state index contributed by atoms with van der Waals surface area (Å²) in [6.07, 6.45) is 2.21. The van der Waals surface area contributed by atoms with Crippen LogP contribution in [0.1, 0.15) is 18.9 Å². The SMILES string of the molecule is C=CC(=O)N[C@H]1C[C@@H](C#CC)CN(Cc2ccc(OC)cc2)C1. The number of rotatable bonds is 5. The zero-order chi connectivity index (χ0) is 16.7. The first-order valence-electron chi connectivity index (χ1n) is 7.85. The van der Waals surface area contributed by atoms with Crippen LogP contribution in [0.15, 0.2) is 36.9 Å². The van der Waals surface area contributed by atoms with Crippen LogP contribution in [0.5, 0.6) is 5.75 Å². The number of piperidine rings is 1. The van der Waals surface area contributed by atoms with Gasteiger partial charge < -0.3 is 10.1 Å². The Balaban J connectivity index is 2.03. The van der Waals surface area contributed by atoms with Gasteiger partial charge in [-0.3, -0.25) is 9.69 Å². The van der Waals surface area contributed by atoms with Crippen LogP contribution in [-0.2, 0) is 11.3 Å². The van der Waals surface area contributed by atoms with Crippen LogP contribution >= 0.6 is 0 Å². The van der Waals surface area contributed by atoms with Crippen molar-refractivity contribution in [2.45, 2.75) is 25.9 Å². The number of carbonyl (C=O) groups excluding carboxylic acids is 1. The molecule has 1 aliphatic heterocycles. The maximum Gasteiger partial charge on any atom is 0.243 e. The van der Waals surface area contributed by atoms with Crippen molar-refractivity contribution in [1.82, 2.24) is 10.2 Å². The zero-order valence-corrected chi connectivity index (χ0v) is 13.8. The van der Waals surface area contributed by atoms with Crippen LogP contribution < -0.4 is 10.1 Å². The maximum atomic E-state index is 11.6. The Hall–Kier alpha value is -2.25. The minimum Gasteiger partial charge on any atom is -0.497 e. The number of likely N-dealkylation sites (tertiary alicyclic amines) is 1. The van der Waals surface area contributed by atoms with Gasteiger partial charge in [0.15, 0.2) is 0 Å². The van der Waals surface area contributed by atoms with Crippen molar-refractivity contribution in [1.29, 1.82) is 0 Å². The number of benzene rings is 1. The first-order valence-corrected chi connectivity index (χ1v) is 7.85. The second-order valence-electron chi connectivity index (χ2n) is 5.78. The summed E-state index contributed by atoms with van der Waals surface area (Å²) in [5.74, 6) is 7.27. The molecule has 4 nitrogen and oxygen atoms in total. The molecule has 0 unspecified atom stereocenters. The van der Waals surface area contributed by atoms with Gasteiger partial charge in [0.1, 0.15) is 5.75 Å². The Bertz CT molecular complexity index is 598. The summed E-state index contributed by atoms with van der Waals surface area (Å²) in [6.45, 7) is 7.97. The lowest BCUT2D eigenvalue weighted by molar-refractivity contribution is -0.117. The van der Waals surface area contributed by atoms with E-state index in [-0.39, 0.29) is 17.9 Å². The normalized spacial score (nSPS) is 21.0. The average molecular weight is 312 g/mol. The van der Waals surface area contributed by atoms with E-state index in [1.54, 1.807) is 7.11 Å². The summed E-state index contributed by atoms with van der Waals surface area (Å²) in [7, 11) is 1.67. The van der Waals surface area contributed by atoms with E-state index in [1.807, 2.05) is 19.1 Å².